The van der Waals surface area contributed by atoms with Crippen LogP contribution in [0.15, 0.2) is 9.79 Å². The number of halogens is 1. The van der Waals surface area contributed by atoms with Gasteiger partial charge in [0.05, 0.1) is 4.22 Å². The number of hydrogen-bond acceptors (Lipinski definition) is 5. The molecule has 0 saturated carbocycles. The van der Waals surface area contributed by atoms with Gasteiger partial charge in [0.25, 0.3) is 5.56 Å². The van der Waals surface area contributed by atoms with Crippen molar-refractivity contribution in [3.05, 3.63) is 10.4 Å². The minimum atomic E-state index is -0.351. The second-order valence-corrected chi connectivity index (χ2v) is 2.54. The summed E-state index contributed by atoms with van der Waals surface area (Å²) in [6.07, 6.45) is 0. The third kappa shape index (κ3) is 1.60. The lowest BCUT2D eigenvalue weighted by Gasteiger charge is -1.97. The molecule has 0 aliphatic heterocycles. The van der Waals surface area contributed by atoms with Crippen LogP contribution in [0, 0.1) is 0 Å². The van der Waals surface area contributed by atoms with Crippen molar-refractivity contribution in [2.45, 2.75) is 0 Å². The fourth-order valence-corrected chi connectivity index (χ4v) is 0.915. The van der Waals surface area contributed by atoms with Crippen LogP contribution in [0.3, 0.4) is 0 Å². The summed E-state index contributed by atoms with van der Waals surface area (Å²) < 4.78 is 2.53. The number of nitrogen functional groups attached to an aromatic ring is 1. The largest absolute Gasteiger partial charge is 0.380 e. The van der Waals surface area contributed by atoms with E-state index in [9.17, 15) is 4.79 Å². The molecule has 1 aromatic rings. The van der Waals surface area contributed by atoms with E-state index in [4.69, 9.17) is 5.73 Å². The Morgan fingerprint density at radius 3 is 3.00 bits per heavy atom. The van der Waals surface area contributed by atoms with Crippen molar-refractivity contribution in [3.8, 4) is 0 Å². The maximum atomic E-state index is 11.2. The topological polar surface area (TPSA) is 86.2 Å². The van der Waals surface area contributed by atoms with Crippen LogP contribution >= 0.6 is 22.6 Å². The average molecular weight is 279 g/mol. The summed E-state index contributed by atoms with van der Waals surface area (Å²) in [6, 6.07) is 0. The van der Waals surface area contributed by atoms with Crippen molar-refractivity contribution in [3.63, 3.8) is 0 Å². The maximum absolute atomic E-state index is 11.2. The molecule has 64 valence electrons. The summed E-state index contributed by atoms with van der Waals surface area (Å²) in [7, 11) is 1.49. The minimum Gasteiger partial charge on any atom is -0.380 e. The zero-order valence-corrected chi connectivity index (χ0v) is 8.39. The second-order valence-electron chi connectivity index (χ2n) is 1.98. The van der Waals surface area contributed by atoms with Crippen LogP contribution in [0.5, 0.6) is 0 Å². The van der Waals surface area contributed by atoms with Crippen molar-refractivity contribution in [2.75, 3.05) is 5.73 Å². The number of anilines is 1. The Morgan fingerprint density at radius 1 is 1.75 bits per heavy atom. The second kappa shape index (κ2) is 3.61. The van der Waals surface area contributed by atoms with Crippen LogP contribution in [-0.4, -0.2) is 19.2 Å². The number of aliphatic imine (C=N–C) groups is 1. The molecule has 0 aromatic carbocycles. The molecule has 7 heteroatoms. The van der Waals surface area contributed by atoms with E-state index < -0.39 is 0 Å². The van der Waals surface area contributed by atoms with Gasteiger partial charge in [-0.25, -0.2) is 9.67 Å². The van der Waals surface area contributed by atoms with E-state index >= 15 is 0 Å². The first-order chi connectivity index (χ1) is 5.66. The number of aromatic nitrogens is 3. The van der Waals surface area contributed by atoms with E-state index in [0.717, 1.165) is 4.68 Å². The molecule has 0 aliphatic carbocycles. The highest BCUT2D eigenvalue weighted by atomic mass is 127. The van der Waals surface area contributed by atoms with Gasteiger partial charge in [-0.2, -0.15) is 0 Å². The molecule has 1 aromatic heterocycles. The van der Waals surface area contributed by atoms with Gasteiger partial charge in [0.2, 0.25) is 0 Å². The monoisotopic (exact) mass is 279 g/mol. The SMILES string of the molecule is Cn1nnc(N)c(N=CI)c1=O. The Bertz CT molecular complexity index is 371. The van der Waals surface area contributed by atoms with Crippen LogP contribution in [0.25, 0.3) is 0 Å². The summed E-state index contributed by atoms with van der Waals surface area (Å²) >= 11 is 1.89. The third-order valence-corrected chi connectivity index (χ3v) is 1.48. The summed E-state index contributed by atoms with van der Waals surface area (Å²) in [5, 5.41) is 7.01. The Morgan fingerprint density at radius 2 is 2.42 bits per heavy atom. The van der Waals surface area contributed by atoms with E-state index in [0.29, 0.717) is 0 Å². The van der Waals surface area contributed by atoms with Crippen LogP contribution < -0.4 is 11.3 Å². The average Bonchev–Trinajstić information content (AvgIpc) is 2.06. The van der Waals surface area contributed by atoms with Gasteiger partial charge in [0.15, 0.2) is 11.5 Å². The number of aryl methyl sites for hydroxylation is 1. The Balaban J connectivity index is 3.43. The molecule has 0 radical (unpaired) electrons. The predicted molar refractivity (Wildman–Crippen MR) is 53.9 cm³/mol. The molecule has 0 aliphatic rings. The molecule has 12 heavy (non-hydrogen) atoms. The van der Waals surface area contributed by atoms with Gasteiger partial charge in [-0.15, -0.1) is 5.10 Å². The number of nitrogens with zero attached hydrogens (tertiary/aromatic N) is 4. The lowest BCUT2D eigenvalue weighted by Crippen LogP contribution is -2.21. The summed E-state index contributed by atoms with van der Waals surface area (Å²) in [5.41, 5.74) is 5.15. The third-order valence-electron chi connectivity index (χ3n) is 1.20. The molecule has 1 heterocycles. The fraction of sp³-hybridized carbons (Fsp3) is 0.200. The van der Waals surface area contributed by atoms with Crippen LogP contribution in [0.4, 0.5) is 11.5 Å². The Hall–Kier alpha value is -0.990. The molecule has 0 saturated heterocycles. The van der Waals surface area contributed by atoms with Crippen molar-refractivity contribution < 1.29 is 0 Å². The van der Waals surface area contributed by atoms with Crippen molar-refractivity contribution in [1.82, 2.24) is 15.0 Å². The molecular formula is C5H6IN5O. The van der Waals surface area contributed by atoms with Crippen LogP contribution in [-0.2, 0) is 7.05 Å². The van der Waals surface area contributed by atoms with Gasteiger partial charge >= 0.3 is 0 Å². The molecule has 2 N–H and O–H groups in total. The van der Waals surface area contributed by atoms with Gasteiger partial charge in [-0.3, -0.25) is 4.79 Å². The van der Waals surface area contributed by atoms with Crippen LogP contribution in [0.2, 0.25) is 0 Å². The minimum absolute atomic E-state index is 0.0472. The number of hydrogen-bond donors (Lipinski definition) is 1. The Kier molecular flexibility index (Phi) is 2.74. The van der Waals surface area contributed by atoms with E-state index in [2.05, 4.69) is 15.3 Å². The smallest absolute Gasteiger partial charge is 0.297 e. The fourth-order valence-electron chi connectivity index (χ4n) is 0.636. The van der Waals surface area contributed by atoms with Crippen molar-refractivity contribution >= 4 is 38.3 Å². The lowest BCUT2D eigenvalue weighted by molar-refractivity contribution is 0.645. The maximum Gasteiger partial charge on any atom is 0.297 e. The predicted octanol–water partition coefficient (Wildman–Crippen LogP) is -0.148. The molecule has 0 atom stereocenters. The highest BCUT2D eigenvalue weighted by Gasteiger charge is 2.05. The van der Waals surface area contributed by atoms with Gasteiger partial charge in [-0.05, 0) is 22.6 Å². The highest BCUT2D eigenvalue weighted by Crippen LogP contribution is 2.10. The molecule has 0 unspecified atom stereocenters. The van der Waals surface area contributed by atoms with E-state index in [1.165, 1.54) is 11.3 Å². The van der Waals surface area contributed by atoms with Gasteiger partial charge in [-0.1, -0.05) is 5.21 Å². The van der Waals surface area contributed by atoms with Gasteiger partial charge in [0.1, 0.15) is 0 Å². The molecule has 0 amide bonds. The van der Waals surface area contributed by atoms with Gasteiger partial charge in [0, 0.05) is 7.05 Å². The Labute approximate surface area is 81.6 Å². The number of rotatable bonds is 1. The van der Waals surface area contributed by atoms with E-state index in [1.807, 2.05) is 22.6 Å². The standard InChI is InChI=1S/C5H6IN5O/c1-11-5(12)3(8-2-6)4(7)9-10-11/h2H,7H2,1H3. The van der Waals surface area contributed by atoms with Crippen molar-refractivity contribution in [2.24, 2.45) is 12.0 Å². The van der Waals surface area contributed by atoms with E-state index in [-0.39, 0.29) is 17.1 Å². The van der Waals surface area contributed by atoms with Gasteiger partial charge < -0.3 is 5.73 Å². The molecule has 6 nitrogen and oxygen atoms in total. The summed E-state index contributed by atoms with van der Waals surface area (Å²) in [4.78, 5) is 15.0. The van der Waals surface area contributed by atoms with E-state index in [1.54, 1.807) is 0 Å². The summed E-state index contributed by atoms with van der Waals surface area (Å²) in [5.74, 6) is 0.0472. The van der Waals surface area contributed by atoms with Crippen molar-refractivity contribution in [1.29, 1.82) is 0 Å². The molecule has 1 rings (SSSR count). The number of nitrogens with two attached hydrogens (primary N) is 1. The first-order valence-electron chi connectivity index (χ1n) is 2.99. The molecule has 0 bridgehead atoms. The molecular weight excluding hydrogens is 273 g/mol. The zero-order valence-electron chi connectivity index (χ0n) is 6.23. The first kappa shape index (κ1) is 9.10. The molecule has 0 spiro atoms. The normalized spacial score (nSPS) is 10.8. The highest BCUT2D eigenvalue weighted by molar-refractivity contribution is 14.1. The lowest BCUT2D eigenvalue weighted by atomic mass is 10.5. The summed E-state index contributed by atoms with van der Waals surface area (Å²) in [6.45, 7) is 0. The van der Waals surface area contributed by atoms with Crippen LogP contribution in [0.1, 0.15) is 0 Å². The molecule has 0 fully saturated rings. The zero-order chi connectivity index (χ0) is 9.14. The first-order valence-corrected chi connectivity index (χ1v) is 4.23. The quantitative estimate of drug-likeness (QED) is 0.572.